The molecular formula is C16H13Br2ClN2O3. The number of benzene rings is 2. The van der Waals surface area contributed by atoms with E-state index in [4.69, 9.17) is 16.3 Å². The summed E-state index contributed by atoms with van der Waals surface area (Å²) in [4.78, 5) is 11.7. The van der Waals surface area contributed by atoms with Crippen molar-refractivity contribution in [1.29, 1.82) is 0 Å². The molecule has 0 aromatic heterocycles. The molecule has 0 spiro atoms. The third-order valence-electron chi connectivity index (χ3n) is 2.95. The number of carbonyl (C=O) groups excluding carboxylic acids is 1. The van der Waals surface area contributed by atoms with Gasteiger partial charge in [0.05, 0.1) is 10.7 Å². The normalized spacial score (nSPS) is 10.8. The van der Waals surface area contributed by atoms with E-state index in [0.29, 0.717) is 20.8 Å². The van der Waals surface area contributed by atoms with Crippen LogP contribution in [-0.2, 0) is 4.79 Å². The number of ether oxygens (including phenoxy) is 1. The van der Waals surface area contributed by atoms with Crippen LogP contribution in [0.1, 0.15) is 11.1 Å². The maximum Gasteiger partial charge on any atom is 0.277 e. The van der Waals surface area contributed by atoms with Gasteiger partial charge >= 0.3 is 0 Å². The lowest BCUT2D eigenvalue weighted by molar-refractivity contribution is -0.123. The van der Waals surface area contributed by atoms with Crippen LogP contribution in [0.4, 0.5) is 0 Å². The second-order valence-electron chi connectivity index (χ2n) is 4.82. The highest BCUT2D eigenvalue weighted by Crippen LogP contribution is 2.30. The number of hydrogen-bond acceptors (Lipinski definition) is 4. The number of phenols is 1. The second kappa shape index (κ2) is 8.50. The zero-order valence-electron chi connectivity index (χ0n) is 12.5. The van der Waals surface area contributed by atoms with Gasteiger partial charge in [-0.1, -0.05) is 27.5 Å². The molecule has 0 fully saturated rings. The Morgan fingerprint density at radius 2 is 2.12 bits per heavy atom. The zero-order chi connectivity index (χ0) is 17.7. The summed E-state index contributed by atoms with van der Waals surface area (Å²) in [6.45, 7) is 1.66. The van der Waals surface area contributed by atoms with Gasteiger partial charge in [-0.05, 0) is 58.7 Å². The number of hydrogen-bond donors (Lipinski definition) is 2. The maximum atomic E-state index is 11.7. The molecular weight excluding hydrogens is 463 g/mol. The maximum absolute atomic E-state index is 11.7. The molecule has 2 N–H and O–H groups in total. The number of aryl methyl sites for hydroxylation is 1. The molecule has 0 aliphatic heterocycles. The molecule has 1 amide bonds. The molecule has 0 saturated carbocycles. The number of halogens is 3. The fourth-order valence-electron chi connectivity index (χ4n) is 1.75. The highest BCUT2D eigenvalue weighted by Gasteiger charge is 2.06. The highest BCUT2D eigenvalue weighted by atomic mass is 79.9. The minimum Gasteiger partial charge on any atom is -0.506 e. The van der Waals surface area contributed by atoms with Crippen LogP contribution < -0.4 is 10.2 Å². The number of phenolic OH excluding ortho intramolecular Hbond substituents is 1. The Labute approximate surface area is 160 Å². The van der Waals surface area contributed by atoms with Crippen LogP contribution in [0.25, 0.3) is 0 Å². The summed E-state index contributed by atoms with van der Waals surface area (Å²) in [6, 6.07) is 8.50. The van der Waals surface area contributed by atoms with Gasteiger partial charge < -0.3 is 9.84 Å². The number of aromatic hydroxyl groups is 1. The van der Waals surface area contributed by atoms with E-state index in [1.165, 1.54) is 6.21 Å². The predicted molar refractivity (Wildman–Crippen MR) is 101 cm³/mol. The molecule has 0 heterocycles. The largest absolute Gasteiger partial charge is 0.506 e. The van der Waals surface area contributed by atoms with Crippen molar-refractivity contribution in [3.05, 3.63) is 55.4 Å². The molecule has 8 heteroatoms. The summed E-state index contributed by atoms with van der Waals surface area (Å²) in [7, 11) is 0. The van der Waals surface area contributed by atoms with E-state index in [2.05, 4.69) is 42.4 Å². The Morgan fingerprint density at radius 3 is 2.83 bits per heavy atom. The van der Waals surface area contributed by atoms with Gasteiger partial charge in [-0.15, -0.1) is 0 Å². The first-order valence-corrected chi connectivity index (χ1v) is 8.72. The van der Waals surface area contributed by atoms with Gasteiger partial charge in [0.15, 0.2) is 6.61 Å². The molecule has 24 heavy (non-hydrogen) atoms. The van der Waals surface area contributed by atoms with E-state index in [9.17, 15) is 9.90 Å². The first-order valence-electron chi connectivity index (χ1n) is 6.75. The number of nitrogens with one attached hydrogen (secondary N) is 1. The smallest absolute Gasteiger partial charge is 0.277 e. The molecule has 0 unspecified atom stereocenters. The molecule has 0 aliphatic rings. The Kier molecular flexibility index (Phi) is 6.65. The summed E-state index contributed by atoms with van der Waals surface area (Å²) < 4.78 is 6.64. The van der Waals surface area contributed by atoms with Crippen molar-refractivity contribution in [3.8, 4) is 11.5 Å². The summed E-state index contributed by atoms with van der Waals surface area (Å²) in [6.07, 6.45) is 1.34. The lowest BCUT2D eigenvalue weighted by Crippen LogP contribution is -2.24. The summed E-state index contributed by atoms with van der Waals surface area (Å²) in [5.74, 6) is 0.154. The molecule has 5 nitrogen and oxygen atoms in total. The molecule has 0 bridgehead atoms. The van der Waals surface area contributed by atoms with Crippen molar-refractivity contribution in [2.75, 3.05) is 6.61 Å². The Hall–Kier alpha value is -1.57. The van der Waals surface area contributed by atoms with Crippen molar-refractivity contribution in [2.45, 2.75) is 6.92 Å². The summed E-state index contributed by atoms with van der Waals surface area (Å²) in [5, 5.41) is 14.3. The molecule has 0 saturated heterocycles. The number of carbonyl (C=O) groups is 1. The van der Waals surface area contributed by atoms with Crippen LogP contribution in [0, 0.1) is 6.92 Å². The SMILES string of the molecule is Cc1cc(OCC(=O)N/N=C/c2cc(Br)cc(Br)c2O)ccc1Cl. The minimum atomic E-state index is -0.424. The topological polar surface area (TPSA) is 70.9 Å². The van der Waals surface area contributed by atoms with Crippen molar-refractivity contribution < 1.29 is 14.6 Å². The van der Waals surface area contributed by atoms with Gasteiger partial charge in [-0.25, -0.2) is 5.43 Å². The first kappa shape index (κ1) is 18.8. The van der Waals surface area contributed by atoms with E-state index < -0.39 is 5.91 Å². The van der Waals surface area contributed by atoms with Gasteiger partial charge in [0.25, 0.3) is 5.91 Å². The standard InChI is InChI=1S/C16H13Br2ClN2O3/c1-9-4-12(2-3-14(9)19)24-8-15(22)21-20-7-10-5-11(17)6-13(18)16(10)23/h2-7,23H,8H2,1H3,(H,21,22)/b20-7+. The fraction of sp³-hybridized carbons (Fsp3) is 0.125. The zero-order valence-corrected chi connectivity index (χ0v) is 16.4. The van der Waals surface area contributed by atoms with Crippen molar-refractivity contribution in [3.63, 3.8) is 0 Å². The van der Waals surface area contributed by atoms with Gasteiger partial charge in [0, 0.05) is 15.1 Å². The van der Waals surface area contributed by atoms with E-state index in [-0.39, 0.29) is 12.4 Å². The Bertz CT molecular complexity index is 797. The number of hydrazone groups is 1. The molecule has 0 atom stereocenters. The van der Waals surface area contributed by atoms with Crippen LogP contribution in [0.5, 0.6) is 11.5 Å². The van der Waals surface area contributed by atoms with E-state index in [1.54, 1.807) is 30.3 Å². The third-order valence-corrected chi connectivity index (χ3v) is 4.44. The van der Waals surface area contributed by atoms with Crippen LogP contribution in [0.3, 0.4) is 0 Å². The molecule has 2 aromatic carbocycles. The number of rotatable bonds is 5. The fourth-order valence-corrected chi connectivity index (χ4v) is 3.12. The van der Waals surface area contributed by atoms with Gasteiger partial charge in [-0.2, -0.15) is 5.10 Å². The van der Waals surface area contributed by atoms with Crippen LogP contribution in [0.15, 0.2) is 44.4 Å². The third kappa shape index (κ3) is 5.22. The lowest BCUT2D eigenvalue weighted by atomic mass is 10.2. The lowest BCUT2D eigenvalue weighted by Gasteiger charge is -2.07. The predicted octanol–water partition coefficient (Wildman–Crippen LogP) is 4.41. The van der Waals surface area contributed by atoms with E-state index in [1.807, 2.05) is 6.92 Å². The summed E-state index contributed by atoms with van der Waals surface area (Å²) in [5.41, 5.74) is 3.65. The molecule has 2 aromatic rings. The highest BCUT2D eigenvalue weighted by molar-refractivity contribution is 9.11. The Balaban J connectivity index is 1.90. The summed E-state index contributed by atoms with van der Waals surface area (Å²) >= 11 is 12.5. The molecule has 126 valence electrons. The molecule has 0 aliphatic carbocycles. The monoisotopic (exact) mass is 474 g/mol. The van der Waals surface area contributed by atoms with Gasteiger partial charge in [-0.3, -0.25) is 4.79 Å². The van der Waals surface area contributed by atoms with Gasteiger partial charge in [0.1, 0.15) is 11.5 Å². The average Bonchev–Trinajstić information content (AvgIpc) is 2.53. The van der Waals surface area contributed by atoms with Crippen molar-refractivity contribution in [1.82, 2.24) is 5.43 Å². The van der Waals surface area contributed by atoms with Crippen LogP contribution in [0.2, 0.25) is 5.02 Å². The quantitative estimate of drug-likeness (QED) is 0.496. The first-order chi connectivity index (χ1) is 11.4. The number of nitrogens with zero attached hydrogens (tertiary/aromatic N) is 1. The van der Waals surface area contributed by atoms with E-state index in [0.717, 1.165) is 10.0 Å². The average molecular weight is 477 g/mol. The van der Waals surface area contributed by atoms with Crippen LogP contribution in [-0.4, -0.2) is 23.8 Å². The minimum absolute atomic E-state index is 0.0316. The van der Waals surface area contributed by atoms with E-state index >= 15 is 0 Å². The van der Waals surface area contributed by atoms with Gasteiger partial charge in [0.2, 0.25) is 0 Å². The van der Waals surface area contributed by atoms with Crippen LogP contribution >= 0.6 is 43.5 Å². The Morgan fingerprint density at radius 1 is 1.38 bits per heavy atom. The van der Waals surface area contributed by atoms with Crippen molar-refractivity contribution in [2.24, 2.45) is 5.10 Å². The molecule has 2 rings (SSSR count). The second-order valence-corrected chi connectivity index (χ2v) is 7.00. The molecule has 0 radical (unpaired) electrons. The number of amides is 1. The van der Waals surface area contributed by atoms with Crippen molar-refractivity contribution >= 4 is 55.6 Å².